The van der Waals surface area contributed by atoms with Crippen LogP contribution in [0, 0.1) is 10.8 Å². The van der Waals surface area contributed by atoms with Crippen LogP contribution in [0.15, 0.2) is 42.7 Å². The van der Waals surface area contributed by atoms with Gasteiger partial charge in [-0.3, -0.25) is 9.59 Å². The van der Waals surface area contributed by atoms with Crippen LogP contribution in [-0.2, 0) is 15.7 Å². The molecule has 34 heavy (non-hydrogen) atoms. The summed E-state index contributed by atoms with van der Waals surface area (Å²) in [7, 11) is -2.44. The van der Waals surface area contributed by atoms with Crippen molar-refractivity contribution in [1.82, 2.24) is 0 Å². The molecule has 0 fully saturated rings. The zero-order valence-electron chi connectivity index (χ0n) is 20.3. The van der Waals surface area contributed by atoms with E-state index in [1.54, 1.807) is 24.3 Å². The highest BCUT2D eigenvalue weighted by Gasteiger charge is 2.41. The van der Waals surface area contributed by atoms with Gasteiger partial charge in [0, 0.05) is 33.5 Å². The fourth-order valence-corrected chi connectivity index (χ4v) is 4.83. The number of fused-ring (bicyclic) bond motifs is 2. The molecule has 1 atom stereocenters. The molecule has 176 valence electrons. The van der Waals surface area contributed by atoms with Crippen LogP contribution in [0.2, 0.25) is 0 Å². The van der Waals surface area contributed by atoms with Crippen LogP contribution in [0.5, 0.6) is 0 Å². The predicted octanol–water partition coefficient (Wildman–Crippen LogP) is 2.53. The highest BCUT2D eigenvalue weighted by molar-refractivity contribution is 6.63. The number of ketones is 2. The standard InChI is InChI=1S/C26H30B2O6/c1-25(2,3)23(29)19-10-7-9-17-14-18(34-28(32)22(17)19)15-26(4,5)24(30)20-11-6-8-16-12-13-33-27(31)21(16)20/h6-13,18,31-32H,14-15H2,1-5H3. The Hall–Kier alpha value is -2.67. The number of benzene rings is 2. The Labute approximate surface area is 201 Å². The summed E-state index contributed by atoms with van der Waals surface area (Å²) in [6, 6.07) is 10.8. The average Bonchev–Trinajstić information content (AvgIpc) is 2.76. The number of Topliss-reactive ketones (excluding diaryl/α,β-unsaturated/α-hetero) is 2. The minimum Gasteiger partial charge on any atom is -0.538 e. The van der Waals surface area contributed by atoms with Crippen LogP contribution >= 0.6 is 0 Å². The predicted molar refractivity (Wildman–Crippen MR) is 133 cm³/mol. The fourth-order valence-electron chi connectivity index (χ4n) is 4.83. The first kappa shape index (κ1) is 24.5. The SMILES string of the molecule is CC(C)(C)C(=O)c1cccc2c1B(O)OC(CC(C)(C)C(=O)c1cccc3c1B(O)OC=C3)C2. The second kappa shape index (κ2) is 8.84. The van der Waals surface area contributed by atoms with E-state index in [9.17, 15) is 19.6 Å². The fraction of sp³-hybridized carbons (Fsp3) is 0.385. The van der Waals surface area contributed by atoms with Crippen molar-refractivity contribution in [1.29, 1.82) is 0 Å². The zero-order chi connectivity index (χ0) is 24.8. The minimum atomic E-state index is -1.24. The quantitative estimate of drug-likeness (QED) is 0.527. The molecule has 4 rings (SSSR count). The number of carbonyl (C=O) groups excluding carboxylic acids is 2. The van der Waals surface area contributed by atoms with Gasteiger partial charge in [0.05, 0.1) is 6.26 Å². The second-order valence-electron chi connectivity index (χ2n) is 10.8. The minimum absolute atomic E-state index is 0.0513. The molecule has 8 heteroatoms. The van der Waals surface area contributed by atoms with Gasteiger partial charge in [0.1, 0.15) is 0 Å². The highest BCUT2D eigenvalue weighted by Crippen LogP contribution is 2.32. The third kappa shape index (κ3) is 4.50. The van der Waals surface area contributed by atoms with Crippen LogP contribution in [0.25, 0.3) is 6.08 Å². The van der Waals surface area contributed by atoms with Crippen molar-refractivity contribution in [2.75, 3.05) is 0 Å². The molecule has 2 aromatic carbocycles. The molecule has 0 bridgehead atoms. The molecule has 2 heterocycles. The Bertz CT molecular complexity index is 1160. The molecule has 0 aromatic heterocycles. The largest absolute Gasteiger partial charge is 0.561 e. The van der Waals surface area contributed by atoms with Gasteiger partial charge in [0.25, 0.3) is 0 Å². The normalized spacial score (nSPS) is 17.7. The third-order valence-corrected chi connectivity index (χ3v) is 6.58. The van der Waals surface area contributed by atoms with Crippen molar-refractivity contribution in [2.45, 2.75) is 53.6 Å². The van der Waals surface area contributed by atoms with Crippen LogP contribution in [0.3, 0.4) is 0 Å². The summed E-state index contributed by atoms with van der Waals surface area (Å²) in [5.74, 6) is -0.188. The van der Waals surface area contributed by atoms with E-state index in [2.05, 4.69) is 0 Å². The summed E-state index contributed by atoms with van der Waals surface area (Å²) in [5.41, 5.74) is 2.05. The van der Waals surface area contributed by atoms with Gasteiger partial charge >= 0.3 is 14.2 Å². The lowest BCUT2D eigenvalue weighted by molar-refractivity contribution is 0.0693. The van der Waals surface area contributed by atoms with Gasteiger partial charge in [-0.25, -0.2) is 0 Å². The van der Waals surface area contributed by atoms with Crippen molar-refractivity contribution < 1.29 is 28.9 Å². The summed E-state index contributed by atoms with van der Waals surface area (Å²) < 4.78 is 11.1. The van der Waals surface area contributed by atoms with Crippen molar-refractivity contribution in [3.63, 3.8) is 0 Å². The Morgan fingerprint density at radius 3 is 2.26 bits per heavy atom. The van der Waals surface area contributed by atoms with E-state index < -0.39 is 31.2 Å². The molecule has 0 spiro atoms. The van der Waals surface area contributed by atoms with Gasteiger partial charge in [0.15, 0.2) is 11.6 Å². The Balaban J connectivity index is 1.59. The van der Waals surface area contributed by atoms with Crippen molar-refractivity contribution in [3.05, 3.63) is 64.9 Å². The molecule has 6 nitrogen and oxygen atoms in total. The first-order valence-corrected chi connectivity index (χ1v) is 11.6. The number of hydrogen-bond acceptors (Lipinski definition) is 6. The lowest BCUT2D eigenvalue weighted by Gasteiger charge is -2.34. The van der Waals surface area contributed by atoms with Crippen LogP contribution in [-0.4, -0.2) is 42.0 Å². The van der Waals surface area contributed by atoms with E-state index in [1.807, 2.05) is 52.8 Å². The highest BCUT2D eigenvalue weighted by atomic mass is 16.5. The topological polar surface area (TPSA) is 93.1 Å². The van der Waals surface area contributed by atoms with E-state index in [-0.39, 0.29) is 11.6 Å². The van der Waals surface area contributed by atoms with Gasteiger partial charge in [-0.2, -0.15) is 0 Å². The molecule has 2 aliphatic rings. The average molecular weight is 460 g/mol. The van der Waals surface area contributed by atoms with Crippen LogP contribution in [0.1, 0.15) is 72.9 Å². The Morgan fingerprint density at radius 2 is 1.59 bits per heavy atom. The summed E-state index contributed by atoms with van der Waals surface area (Å²) >= 11 is 0. The molecule has 2 N–H and O–H groups in total. The monoisotopic (exact) mass is 460 g/mol. The van der Waals surface area contributed by atoms with E-state index in [0.29, 0.717) is 34.9 Å². The van der Waals surface area contributed by atoms with Crippen molar-refractivity contribution >= 4 is 42.8 Å². The first-order chi connectivity index (χ1) is 15.9. The molecule has 1 unspecified atom stereocenters. The molecule has 2 aromatic rings. The van der Waals surface area contributed by atoms with Gasteiger partial charge in [0.2, 0.25) is 0 Å². The molecular weight excluding hydrogens is 430 g/mol. The molecule has 0 aliphatic carbocycles. The maximum atomic E-state index is 13.6. The lowest BCUT2D eigenvalue weighted by atomic mass is 9.65. The van der Waals surface area contributed by atoms with Gasteiger partial charge in [-0.05, 0) is 35.5 Å². The summed E-state index contributed by atoms with van der Waals surface area (Å²) in [5, 5.41) is 21.2. The maximum Gasteiger partial charge on any atom is 0.561 e. The lowest BCUT2D eigenvalue weighted by Crippen LogP contribution is -2.50. The van der Waals surface area contributed by atoms with E-state index in [1.165, 1.54) is 6.26 Å². The molecule has 2 aliphatic heterocycles. The Kier molecular flexibility index (Phi) is 6.36. The maximum absolute atomic E-state index is 13.6. The van der Waals surface area contributed by atoms with E-state index in [4.69, 9.17) is 9.31 Å². The van der Waals surface area contributed by atoms with Gasteiger partial charge < -0.3 is 19.4 Å². The number of carbonyl (C=O) groups is 2. The van der Waals surface area contributed by atoms with Crippen molar-refractivity contribution in [3.8, 4) is 0 Å². The van der Waals surface area contributed by atoms with Crippen molar-refractivity contribution in [2.24, 2.45) is 10.8 Å². The summed E-state index contributed by atoms with van der Waals surface area (Å²) in [6.07, 6.45) is 3.56. The molecule has 0 amide bonds. The van der Waals surface area contributed by atoms with E-state index >= 15 is 0 Å². The first-order valence-electron chi connectivity index (χ1n) is 11.6. The molecule has 0 radical (unpaired) electrons. The van der Waals surface area contributed by atoms with E-state index in [0.717, 1.165) is 11.1 Å². The van der Waals surface area contributed by atoms with Crippen LogP contribution < -0.4 is 10.9 Å². The molecular formula is C26H30B2O6. The Morgan fingerprint density at radius 1 is 0.941 bits per heavy atom. The van der Waals surface area contributed by atoms with Gasteiger partial charge in [-0.1, -0.05) is 71.0 Å². The third-order valence-electron chi connectivity index (χ3n) is 6.58. The summed E-state index contributed by atoms with van der Waals surface area (Å²) in [6.45, 7) is 9.22. The number of hydrogen-bond donors (Lipinski definition) is 2. The molecule has 0 saturated carbocycles. The number of rotatable bonds is 5. The van der Waals surface area contributed by atoms with Crippen LogP contribution in [0.4, 0.5) is 0 Å². The zero-order valence-corrected chi connectivity index (χ0v) is 20.3. The smallest absolute Gasteiger partial charge is 0.538 e. The second-order valence-corrected chi connectivity index (χ2v) is 10.8. The molecule has 0 saturated heterocycles. The van der Waals surface area contributed by atoms with Gasteiger partial charge in [-0.15, -0.1) is 0 Å². The summed E-state index contributed by atoms with van der Waals surface area (Å²) in [4.78, 5) is 26.5.